The summed E-state index contributed by atoms with van der Waals surface area (Å²) in [6.07, 6.45) is 0. The standard InChI is InChI=1S/C13H19F2NOS/c1-4-16-13(9(2)3)8-18(17)10-5-6-11(14)12(15)7-10/h5-7,9,13,16H,4,8H2,1-3H3. The average molecular weight is 275 g/mol. The van der Waals surface area contributed by atoms with E-state index in [1.807, 2.05) is 20.8 Å². The maximum absolute atomic E-state index is 13.1. The van der Waals surface area contributed by atoms with E-state index in [1.165, 1.54) is 6.07 Å². The van der Waals surface area contributed by atoms with Crippen molar-refractivity contribution in [2.24, 2.45) is 5.92 Å². The maximum atomic E-state index is 13.1. The fourth-order valence-electron chi connectivity index (χ4n) is 1.63. The Labute approximate surface area is 109 Å². The molecule has 0 amide bonds. The van der Waals surface area contributed by atoms with Crippen LogP contribution >= 0.6 is 0 Å². The second kappa shape index (κ2) is 6.95. The molecule has 0 saturated carbocycles. The van der Waals surface area contributed by atoms with E-state index < -0.39 is 22.4 Å². The molecule has 0 aliphatic carbocycles. The zero-order valence-corrected chi connectivity index (χ0v) is 11.7. The zero-order valence-electron chi connectivity index (χ0n) is 10.9. The normalized spacial score (nSPS) is 14.8. The van der Waals surface area contributed by atoms with Crippen molar-refractivity contribution in [1.82, 2.24) is 5.32 Å². The molecular formula is C13H19F2NOS. The van der Waals surface area contributed by atoms with Crippen molar-refractivity contribution >= 4 is 10.8 Å². The highest BCUT2D eigenvalue weighted by Gasteiger charge is 2.17. The van der Waals surface area contributed by atoms with Gasteiger partial charge in [-0.1, -0.05) is 20.8 Å². The Bertz CT molecular complexity index is 423. The first kappa shape index (κ1) is 15.2. The van der Waals surface area contributed by atoms with Crippen LogP contribution in [0.3, 0.4) is 0 Å². The van der Waals surface area contributed by atoms with E-state index in [4.69, 9.17) is 0 Å². The van der Waals surface area contributed by atoms with Gasteiger partial charge in [0.1, 0.15) is 0 Å². The van der Waals surface area contributed by atoms with Crippen LogP contribution in [0.2, 0.25) is 0 Å². The van der Waals surface area contributed by atoms with Crippen LogP contribution in [-0.4, -0.2) is 22.5 Å². The molecule has 0 aliphatic rings. The predicted molar refractivity (Wildman–Crippen MR) is 69.9 cm³/mol. The number of nitrogens with one attached hydrogen (secondary N) is 1. The van der Waals surface area contributed by atoms with E-state index >= 15 is 0 Å². The summed E-state index contributed by atoms with van der Waals surface area (Å²) in [6, 6.07) is 3.50. The Morgan fingerprint density at radius 1 is 1.28 bits per heavy atom. The van der Waals surface area contributed by atoms with Crippen molar-refractivity contribution in [3.8, 4) is 0 Å². The number of halogens is 2. The minimum atomic E-state index is -1.32. The van der Waals surface area contributed by atoms with Crippen molar-refractivity contribution in [2.45, 2.75) is 31.7 Å². The van der Waals surface area contributed by atoms with Gasteiger partial charge < -0.3 is 5.32 Å². The summed E-state index contributed by atoms with van der Waals surface area (Å²) in [5.41, 5.74) is 0. The average Bonchev–Trinajstić information content (AvgIpc) is 2.31. The summed E-state index contributed by atoms with van der Waals surface area (Å²) in [7, 11) is -1.32. The van der Waals surface area contributed by atoms with E-state index in [-0.39, 0.29) is 6.04 Å². The first-order valence-corrected chi connectivity index (χ1v) is 7.34. The summed E-state index contributed by atoms with van der Waals surface area (Å²) in [5.74, 6) is -1.14. The molecule has 2 nitrogen and oxygen atoms in total. The molecule has 1 aromatic rings. The lowest BCUT2D eigenvalue weighted by Gasteiger charge is -2.21. The quantitative estimate of drug-likeness (QED) is 0.865. The SMILES string of the molecule is CCNC(CS(=O)c1ccc(F)c(F)c1)C(C)C. The fraction of sp³-hybridized carbons (Fsp3) is 0.538. The van der Waals surface area contributed by atoms with E-state index in [0.29, 0.717) is 16.6 Å². The monoisotopic (exact) mass is 275 g/mol. The van der Waals surface area contributed by atoms with Crippen LogP contribution in [0.4, 0.5) is 8.78 Å². The molecule has 0 heterocycles. The number of benzene rings is 1. The minimum absolute atomic E-state index is 0.101. The molecule has 0 bridgehead atoms. The molecule has 0 fully saturated rings. The highest BCUT2D eigenvalue weighted by atomic mass is 32.2. The lowest BCUT2D eigenvalue weighted by atomic mass is 10.1. The number of rotatable bonds is 6. The molecule has 0 spiro atoms. The van der Waals surface area contributed by atoms with Crippen molar-refractivity contribution in [2.75, 3.05) is 12.3 Å². The van der Waals surface area contributed by atoms with Crippen LogP contribution < -0.4 is 5.32 Å². The molecule has 1 rings (SSSR count). The van der Waals surface area contributed by atoms with E-state index in [1.54, 1.807) is 0 Å². The molecule has 2 unspecified atom stereocenters. The molecule has 5 heteroatoms. The molecule has 102 valence electrons. The van der Waals surface area contributed by atoms with Crippen LogP contribution in [0.5, 0.6) is 0 Å². The molecule has 2 atom stereocenters. The molecule has 0 radical (unpaired) electrons. The Kier molecular flexibility index (Phi) is 5.88. The molecular weight excluding hydrogens is 256 g/mol. The van der Waals surface area contributed by atoms with Crippen molar-refractivity contribution in [1.29, 1.82) is 0 Å². The number of hydrogen-bond donors (Lipinski definition) is 1. The van der Waals surface area contributed by atoms with E-state index in [9.17, 15) is 13.0 Å². The highest BCUT2D eigenvalue weighted by molar-refractivity contribution is 7.85. The first-order chi connectivity index (χ1) is 8.45. The molecule has 1 N–H and O–H groups in total. The van der Waals surface area contributed by atoms with Gasteiger partial charge in [0.05, 0.1) is 10.8 Å². The zero-order chi connectivity index (χ0) is 13.7. The predicted octanol–water partition coefficient (Wildman–Crippen LogP) is 2.71. The minimum Gasteiger partial charge on any atom is -0.313 e. The van der Waals surface area contributed by atoms with Crippen molar-refractivity contribution in [3.05, 3.63) is 29.8 Å². The molecule has 0 aromatic heterocycles. The van der Waals surface area contributed by atoms with Gasteiger partial charge in [0.25, 0.3) is 0 Å². The largest absolute Gasteiger partial charge is 0.313 e. The van der Waals surface area contributed by atoms with Gasteiger partial charge in [0.15, 0.2) is 11.6 Å². The molecule has 18 heavy (non-hydrogen) atoms. The van der Waals surface area contributed by atoms with Crippen molar-refractivity contribution in [3.63, 3.8) is 0 Å². The van der Waals surface area contributed by atoms with Gasteiger partial charge in [-0.2, -0.15) is 0 Å². The summed E-state index contributed by atoms with van der Waals surface area (Å²) in [6.45, 7) is 6.85. The van der Waals surface area contributed by atoms with Gasteiger partial charge in [0, 0.05) is 16.7 Å². The van der Waals surface area contributed by atoms with Gasteiger partial charge >= 0.3 is 0 Å². The third-order valence-electron chi connectivity index (χ3n) is 2.76. The van der Waals surface area contributed by atoms with Crippen LogP contribution in [-0.2, 0) is 10.8 Å². The van der Waals surface area contributed by atoms with Crippen LogP contribution in [0.15, 0.2) is 23.1 Å². The first-order valence-electron chi connectivity index (χ1n) is 6.02. The van der Waals surface area contributed by atoms with Crippen LogP contribution in [0.1, 0.15) is 20.8 Å². The summed E-state index contributed by atoms with van der Waals surface area (Å²) in [4.78, 5) is 0.331. The summed E-state index contributed by atoms with van der Waals surface area (Å²) >= 11 is 0. The second-order valence-electron chi connectivity index (χ2n) is 4.50. The lowest BCUT2D eigenvalue weighted by Crippen LogP contribution is -2.38. The lowest BCUT2D eigenvalue weighted by molar-refractivity contribution is 0.440. The van der Waals surface area contributed by atoms with Gasteiger partial charge in [-0.15, -0.1) is 0 Å². The Balaban J connectivity index is 2.77. The van der Waals surface area contributed by atoms with Gasteiger partial charge in [-0.05, 0) is 30.7 Å². The van der Waals surface area contributed by atoms with Gasteiger partial charge in [-0.3, -0.25) is 4.21 Å². The Hall–Kier alpha value is -0.810. The molecule has 0 saturated heterocycles. The van der Waals surface area contributed by atoms with Crippen molar-refractivity contribution < 1.29 is 13.0 Å². The molecule has 0 aliphatic heterocycles. The van der Waals surface area contributed by atoms with E-state index in [2.05, 4.69) is 5.32 Å². The summed E-state index contributed by atoms with van der Waals surface area (Å²) in [5, 5.41) is 3.25. The third-order valence-corrected chi connectivity index (χ3v) is 4.20. The molecule has 1 aromatic carbocycles. The van der Waals surface area contributed by atoms with Crippen LogP contribution in [0, 0.1) is 17.6 Å². The Morgan fingerprint density at radius 2 is 1.94 bits per heavy atom. The Morgan fingerprint density at radius 3 is 2.44 bits per heavy atom. The fourth-order valence-corrected chi connectivity index (χ4v) is 3.10. The van der Waals surface area contributed by atoms with Gasteiger partial charge in [-0.25, -0.2) is 8.78 Å². The van der Waals surface area contributed by atoms with E-state index in [0.717, 1.165) is 18.7 Å². The van der Waals surface area contributed by atoms with Gasteiger partial charge in [0.2, 0.25) is 0 Å². The highest BCUT2D eigenvalue weighted by Crippen LogP contribution is 2.14. The topological polar surface area (TPSA) is 29.1 Å². The smallest absolute Gasteiger partial charge is 0.160 e. The third kappa shape index (κ3) is 4.14. The second-order valence-corrected chi connectivity index (χ2v) is 5.99. The summed E-state index contributed by atoms with van der Waals surface area (Å²) < 4.78 is 37.9. The van der Waals surface area contributed by atoms with Crippen LogP contribution in [0.25, 0.3) is 0 Å². The number of hydrogen-bond acceptors (Lipinski definition) is 2. The maximum Gasteiger partial charge on any atom is 0.160 e.